The molecular formula is C14H14N2O4. The highest BCUT2D eigenvalue weighted by Gasteiger charge is 2.16. The first kappa shape index (κ1) is 12.5. The quantitative estimate of drug-likeness (QED) is 0.906. The van der Waals surface area contributed by atoms with Crippen molar-refractivity contribution in [1.29, 1.82) is 0 Å². The Balaban J connectivity index is 2.02. The van der Waals surface area contributed by atoms with Gasteiger partial charge >= 0.3 is 5.97 Å². The van der Waals surface area contributed by atoms with Gasteiger partial charge in [0.25, 0.3) is 0 Å². The number of aromatic carboxylic acids is 1. The van der Waals surface area contributed by atoms with Crippen LogP contribution in [0.5, 0.6) is 11.5 Å². The number of carboxylic acids is 1. The molecule has 1 aromatic carbocycles. The molecule has 2 aromatic rings. The first-order valence-corrected chi connectivity index (χ1v) is 6.32. The second kappa shape index (κ2) is 4.88. The van der Waals surface area contributed by atoms with Gasteiger partial charge in [-0.25, -0.2) is 4.79 Å². The molecule has 104 valence electrons. The first-order chi connectivity index (χ1) is 9.65. The Morgan fingerprint density at radius 3 is 2.70 bits per heavy atom. The Labute approximate surface area is 115 Å². The number of rotatable bonds is 2. The van der Waals surface area contributed by atoms with Crippen molar-refractivity contribution in [3.63, 3.8) is 0 Å². The number of nitrogens with zero attached hydrogens (tertiary/aromatic N) is 2. The van der Waals surface area contributed by atoms with E-state index in [-0.39, 0.29) is 5.69 Å². The minimum absolute atomic E-state index is 0.0228. The number of carboxylic acid groups (broad SMARTS) is 1. The van der Waals surface area contributed by atoms with Gasteiger partial charge in [0.1, 0.15) is 0 Å². The molecule has 0 aliphatic carbocycles. The summed E-state index contributed by atoms with van der Waals surface area (Å²) in [7, 11) is 1.71. The van der Waals surface area contributed by atoms with Gasteiger partial charge in [0.05, 0.1) is 18.9 Å². The fraction of sp³-hybridized carbons (Fsp3) is 0.286. The van der Waals surface area contributed by atoms with E-state index in [1.807, 2.05) is 18.2 Å². The van der Waals surface area contributed by atoms with Crippen LogP contribution in [0.2, 0.25) is 0 Å². The van der Waals surface area contributed by atoms with Crippen LogP contribution in [-0.4, -0.2) is 34.1 Å². The highest BCUT2D eigenvalue weighted by Crippen LogP contribution is 2.34. The molecule has 0 bridgehead atoms. The molecule has 0 saturated heterocycles. The van der Waals surface area contributed by atoms with Crippen molar-refractivity contribution in [1.82, 2.24) is 9.78 Å². The summed E-state index contributed by atoms with van der Waals surface area (Å²) in [5, 5.41) is 12.9. The van der Waals surface area contributed by atoms with Crippen molar-refractivity contribution in [2.75, 3.05) is 13.2 Å². The van der Waals surface area contributed by atoms with Crippen molar-refractivity contribution in [3.8, 4) is 22.8 Å². The fourth-order valence-corrected chi connectivity index (χ4v) is 2.16. The van der Waals surface area contributed by atoms with Gasteiger partial charge in [-0.2, -0.15) is 5.10 Å². The molecule has 0 radical (unpaired) electrons. The molecule has 2 heterocycles. The standard InChI is InChI=1S/C14H14N2O4/c1-16-11(8-10(15-16)14(17)18)9-3-4-12-13(7-9)20-6-2-5-19-12/h3-4,7-8H,2,5-6H2,1H3,(H,17,18). The summed E-state index contributed by atoms with van der Waals surface area (Å²) in [6.45, 7) is 1.25. The van der Waals surface area contributed by atoms with Gasteiger partial charge in [0.2, 0.25) is 0 Å². The smallest absolute Gasteiger partial charge is 0.356 e. The zero-order valence-electron chi connectivity index (χ0n) is 11.0. The van der Waals surface area contributed by atoms with Crippen LogP contribution < -0.4 is 9.47 Å². The van der Waals surface area contributed by atoms with Gasteiger partial charge in [-0.3, -0.25) is 4.68 Å². The van der Waals surface area contributed by atoms with E-state index < -0.39 is 5.97 Å². The Morgan fingerprint density at radius 2 is 2.00 bits per heavy atom. The lowest BCUT2D eigenvalue weighted by atomic mass is 10.1. The summed E-state index contributed by atoms with van der Waals surface area (Å²) in [6.07, 6.45) is 0.846. The minimum atomic E-state index is -1.04. The van der Waals surface area contributed by atoms with Gasteiger partial charge in [-0.15, -0.1) is 0 Å². The number of fused-ring (bicyclic) bond motifs is 1. The summed E-state index contributed by atoms with van der Waals surface area (Å²) < 4.78 is 12.7. The van der Waals surface area contributed by atoms with Crippen LogP contribution in [0, 0.1) is 0 Å². The van der Waals surface area contributed by atoms with E-state index in [4.69, 9.17) is 14.6 Å². The van der Waals surface area contributed by atoms with Crippen LogP contribution in [0.1, 0.15) is 16.9 Å². The van der Waals surface area contributed by atoms with E-state index in [9.17, 15) is 4.79 Å². The van der Waals surface area contributed by atoms with Crippen molar-refractivity contribution in [2.24, 2.45) is 7.05 Å². The molecule has 0 fully saturated rings. The molecule has 0 saturated carbocycles. The Hall–Kier alpha value is -2.50. The predicted molar refractivity (Wildman–Crippen MR) is 71.2 cm³/mol. The zero-order chi connectivity index (χ0) is 14.1. The second-order valence-corrected chi connectivity index (χ2v) is 4.56. The third-order valence-corrected chi connectivity index (χ3v) is 3.14. The van der Waals surface area contributed by atoms with E-state index in [0.29, 0.717) is 24.7 Å². The lowest BCUT2D eigenvalue weighted by Gasteiger charge is -2.09. The highest BCUT2D eigenvalue weighted by atomic mass is 16.5. The van der Waals surface area contributed by atoms with Gasteiger partial charge in [0, 0.05) is 19.0 Å². The summed E-state index contributed by atoms with van der Waals surface area (Å²) in [6, 6.07) is 7.10. The molecule has 0 atom stereocenters. The maximum atomic E-state index is 11.0. The summed E-state index contributed by atoms with van der Waals surface area (Å²) >= 11 is 0. The minimum Gasteiger partial charge on any atom is -0.490 e. The van der Waals surface area contributed by atoms with Gasteiger partial charge in [-0.1, -0.05) is 0 Å². The van der Waals surface area contributed by atoms with Crippen LogP contribution in [0.15, 0.2) is 24.3 Å². The van der Waals surface area contributed by atoms with E-state index in [2.05, 4.69) is 5.10 Å². The number of benzene rings is 1. The summed E-state index contributed by atoms with van der Waals surface area (Å²) in [4.78, 5) is 11.0. The Kier molecular flexibility index (Phi) is 3.06. The lowest BCUT2D eigenvalue weighted by Crippen LogP contribution is -1.99. The maximum Gasteiger partial charge on any atom is 0.356 e. The molecule has 6 heteroatoms. The average Bonchev–Trinajstić information content (AvgIpc) is 2.68. The van der Waals surface area contributed by atoms with Gasteiger partial charge < -0.3 is 14.6 Å². The average molecular weight is 274 g/mol. The molecule has 1 aliphatic heterocycles. The lowest BCUT2D eigenvalue weighted by molar-refractivity contribution is 0.0689. The number of hydrogen-bond donors (Lipinski definition) is 1. The van der Waals surface area contributed by atoms with Gasteiger partial charge in [-0.05, 0) is 24.3 Å². The zero-order valence-corrected chi connectivity index (χ0v) is 11.0. The van der Waals surface area contributed by atoms with E-state index >= 15 is 0 Å². The third kappa shape index (κ3) is 2.20. The van der Waals surface area contributed by atoms with E-state index in [1.54, 1.807) is 17.8 Å². The monoisotopic (exact) mass is 274 g/mol. The molecule has 20 heavy (non-hydrogen) atoms. The molecule has 0 unspecified atom stereocenters. The van der Waals surface area contributed by atoms with E-state index in [1.165, 1.54) is 0 Å². The largest absolute Gasteiger partial charge is 0.490 e. The molecule has 0 spiro atoms. The number of carbonyl (C=O) groups is 1. The van der Waals surface area contributed by atoms with E-state index in [0.717, 1.165) is 17.7 Å². The number of ether oxygens (including phenoxy) is 2. The SMILES string of the molecule is Cn1nc(C(=O)O)cc1-c1ccc2c(c1)OCCCO2. The molecule has 1 aromatic heterocycles. The normalized spacial score (nSPS) is 13.8. The molecule has 3 rings (SSSR count). The molecule has 1 N–H and O–H groups in total. The number of aromatic nitrogens is 2. The topological polar surface area (TPSA) is 73.6 Å². The van der Waals surface area contributed by atoms with Crippen LogP contribution in [0.3, 0.4) is 0 Å². The van der Waals surface area contributed by atoms with Crippen molar-refractivity contribution >= 4 is 5.97 Å². The van der Waals surface area contributed by atoms with Crippen LogP contribution in [0.25, 0.3) is 11.3 Å². The van der Waals surface area contributed by atoms with Crippen molar-refractivity contribution in [2.45, 2.75) is 6.42 Å². The molecular weight excluding hydrogens is 260 g/mol. The van der Waals surface area contributed by atoms with Crippen LogP contribution in [-0.2, 0) is 7.05 Å². The Morgan fingerprint density at radius 1 is 1.25 bits per heavy atom. The van der Waals surface area contributed by atoms with Crippen LogP contribution in [0.4, 0.5) is 0 Å². The third-order valence-electron chi connectivity index (χ3n) is 3.14. The first-order valence-electron chi connectivity index (χ1n) is 6.32. The maximum absolute atomic E-state index is 11.0. The number of aryl methyl sites for hydroxylation is 1. The van der Waals surface area contributed by atoms with Gasteiger partial charge in [0.15, 0.2) is 17.2 Å². The molecule has 6 nitrogen and oxygen atoms in total. The van der Waals surface area contributed by atoms with Crippen molar-refractivity contribution in [3.05, 3.63) is 30.0 Å². The predicted octanol–water partition coefficient (Wildman–Crippen LogP) is 1.95. The summed E-state index contributed by atoms with van der Waals surface area (Å²) in [5.41, 5.74) is 1.59. The summed E-state index contributed by atoms with van der Waals surface area (Å²) in [5.74, 6) is 0.353. The van der Waals surface area contributed by atoms with Crippen molar-refractivity contribution < 1.29 is 19.4 Å². The number of hydrogen-bond acceptors (Lipinski definition) is 4. The second-order valence-electron chi connectivity index (χ2n) is 4.56. The Bertz CT molecular complexity index is 663. The molecule has 1 aliphatic rings. The van der Waals surface area contributed by atoms with Crippen LogP contribution >= 0.6 is 0 Å². The molecule has 0 amide bonds. The fourth-order valence-electron chi connectivity index (χ4n) is 2.16. The highest BCUT2D eigenvalue weighted by molar-refractivity contribution is 5.87.